The minimum atomic E-state index is -0.423. The van der Waals surface area contributed by atoms with E-state index in [2.05, 4.69) is 47.0 Å². The van der Waals surface area contributed by atoms with Crippen molar-refractivity contribution in [3.63, 3.8) is 0 Å². The van der Waals surface area contributed by atoms with E-state index in [1.54, 1.807) is 24.3 Å². The number of fused-ring (bicyclic) bond motifs is 1. The van der Waals surface area contributed by atoms with Crippen LogP contribution in [0.2, 0.25) is 5.02 Å². The molecule has 9 nitrogen and oxygen atoms in total. The largest absolute Gasteiger partial charge is 0.352 e. The van der Waals surface area contributed by atoms with Gasteiger partial charge in [-0.25, -0.2) is 14.8 Å². The van der Waals surface area contributed by atoms with Crippen LogP contribution in [0.4, 0.5) is 22.2 Å². The summed E-state index contributed by atoms with van der Waals surface area (Å²) in [7, 11) is 0. The minimum Gasteiger partial charge on any atom is -0.352 e. The first-order chi connectivity index (χ1) is 17.4. The zero-order chi connectivity index (χ0) is 25.1. The van der Waals surface area contributed by atoms with E-state index < -0.39 is 6.03 Å². The van der Waals surface area contributed by atoms with E-state index in [9.17, 15) is 4.79 Å². The number of nitrogens with zero attached hydrogens (tertiary/aromatic N) is 6. The average Bonchev–Trinajstić information content (AvgIpc) is 3.27. The van der Waals surface area contributed by atoms with Gasteiger partial charge >= 0.3 is 6.03 Å². The van der Waals surface area contributed by atoms with Crippen LogP contribution in [0, 0.1) is 13.8 Å². The molecule has 5 rings (SSSR count). The normalized spacial score (nSPS) is 14.2. The van der Waals surface area contributed by atoms with Crippen LogP contribution in [0.1, 0.15) is 11.4 Å². The van der Waals surface area contributed by atoms with Crippen molar-refractivity contribution in [2.24, 2.45) is 4.99 Å². The molecule has 0 aliphatic carbocycles. The first-order valence-corrected chi connectivity index (χ1v) is 12.7. The number of benzene rings is 2. The van der Waals surface area contributed by atoms with Gasteiger partial charge in [0, 0.05) is 53.7 Å². The maximum Gasteiger partial charge on any atom is 0.326 e. The van der Waals surface area contributed by atoms with E-state index in [1.165, 1.54) is 16.2 Å². The molecule has 4 aromatic rings. The Hall–Kier alpha value is -3.76. The molecule has 1 aliphatic rings. The van der Waals surface area contributed by atoms with Crippen LogP contribution in [0.3, 0.4) is 0 Å². The van der Waals surface area contributed by atoms with Crippen molar-refractivity contribution in [3.05, 3.63) is 71.0 Å². The third kappa shape index (κ3) is 5.55. The number of nitrogens with one attached hydrogen (secondary N) is 2. The van der Waals surface area contributed by atoms with Crippen molar-refractivity contribution in [1.82, 2.24) is 24.6 Å². The molecule has 1 fully saturated rings. The molecule has 0 atom stereocenters. The third-order valence-electron chi connectivity index (χ3n) is 5.72. The van der Waals surface area contributed by atoms with Crippen LogP contribution in [0.5, 0.6) is 0 Å². The summed E-state index contributed by atoms with van der Waals surface area (Å²) >= 11 is 7.57. The number of aliphatic imine (C=N–C) groups is 1. The molecule has 1 aliphatic heterocycles. The van der Waals surface area contributed by atoms with E-state index in [0.717, 1.165) is 35.7 Å². The standard InChI is InChI=1S/C25H25ClN8OS/c1-16-14-17(2)28-23(27-16)30-24(31-25(35)29-19-7-5-6-18(26)15-19)34-12-10-33(11-13-34)22-20-8-3-4-9-21(20)36-32-22/h3-9,14-15H,10-13H2,1-2H3,(H2,27,28,29,30,31,35). The molecule has 0 radical (unpaired) electrons. The number of hydrogen-bond acceptors (Lipinski definition) is 7. The fourth-order valence-electron chi connectivity index (χ4n) is 4.09. The molecular formula is C25H25ClN8OS. The van der Waals surface area contributed by atoms with Crippen molar-refractivity contribution in [1.29, 1.82) is 0 Å². The first-order valence-electron chi connectivity index (χ1n) is 11.5. The zero-order valence-corrected chi connectivity index (χ0v) is 21.5. The molecule has 36 heavy (non-hydrogen) atoms. The Bertz CT molecular complexity index is 1410. The highest BCUT2D eigenvalue weighted by molar-refractivity contribution is 7.13. The topological polar surface area (TPSA) is 98.6 Å². The second kappa shape index (κ2) is 10.5. The van der Waals surface area contributed by atoms with E-state index in [-0.39, 0.29) is 0 Å². The molecule has 2 amide bonds. The third-order valence-corrected chi connectivity index (χ3v) is 6.77. The van der Waals surface area contributed by atoms with Crippen molar-refractivity contribution in [2.45, 2.75) is 13.8 Å². The number of urea groups is 1. The van der Waals surface area contributed by atoms with E-state index in [4.69, 9.17) is 11.6 Å². The minimum absolute atomic E-state index is 0.304. The van der Waals surface area contributed by atoms with Gasteiger partial charge in [0.15, 0.2) is 0 Å². The summed E-state index contributed by atoms with van der Waals surface area (Å²) < 4.78 is 5.86. The molecule has 2 aromatic carbocycles. The monoisotopic (exact) mass is 520 g/mol. The SMILES string of the molecule is Cc1cc(C)nc(/N=C(/NC(=O)Nc2cccc(Cl)c2)N2CCN(c3nsc4ccccc34)CC2)n1. The second-order valence-corrected chi connectivity index (χ2v) is 9.69. The van der Waals surface area contributed by atoms with Gasteiger partial charge in [-0.2, -0.15) is 9.37 Å². The highest BCUT2D eigenvalue weighted by Crippen LogP contribution is 2.30. The fourth-order valence-corrected chi connectivity index (χ4v) is 5.08. The predicted molar refractivity (Wildman–Crippen MR) is 146 cm³/mol. The summed E-state index contributed by atoms with van der Waals surface area (Å²) in [5.41, 5.74) is 2.20. The van der Waals surface area contributed by atoms with Gasteiger partial charge in [-0.05, 0) is 61.8 Å². The fraction of sp³-hybridized carbons (Fsp3) is 0.240. The molecule has 1 saturated heterocycles. The molecule has 0 spiro atoms. The van der Waals surface area contributed by atoms with Gasteiger partial charge in [-0.3, -0.25) is 5.32 Å². The van der Waals surface area contributed by atoms with E-state index in [0.29, 0.717) is 35.7 Å². The zero-order valence-electron chi connectivity index (χ0n) is 19.9. The molecule has 0 unspecified atom stereocenters. The van der Waals surface area contributed by atoms with E-state index >= 15 is 0 Å². The molecule has 0 bridgehead atoms. The number of rotatable bonds is 3. The number of amides is 2. The van der Waals surface area contributed by atoms with Crippen LogP contribution in [-0.2, 0) is 0 Å². The van der Waals surface area contributed by atoms with Gasteiger partial charge in [-0.1, -0.05) is 29.8 Å². The van der Waals surface area contributed by atoms with Crippen LogP contribution < -0.4 is 15.5 Å². The first kappa shape index (κ1) is 24.0. The lowest BCUT2D eigenvalue weighted by Gasteiger charge is -2.36. The molecule has 0 saturated carbocycles. The van der Waals surface area contributed by atoms with Crippen molar-refractivity contribution >= 4 is 62.7 Å². The summed E-state index contributed by atoms with van der Waals surface area (Å²) in [6, 6.07) is 16.7. The maximum absolute atomic E-state index is 12.9. The number of hydrogen-bond donors (Lipinski definition) is 2. The Morgan fingerprint density at radius 2 is 1.75 bits per heavy atom. The van der Waals surface area contributed by atoms with Crippen molar-refractivity contribution < 1.29 is 4.79 Å². The molecule has 11 heteroatoms. The Morgan fingerprint density at radius 1 is 1.00 bits per heavy atom. The summed E-state index contributed by atoms with van der Waals surface area (Å²) in [4.78, 5) is 30.7. The average molecular weight is 521 g/mol. The second-order valence-electron chi connectivity index (χ2n) is 8.45. The maximum atomic E-state index is 12.9. The lowest BCUT2D eigenvalue weighted by molar-refractivity contribution is 0.254. The summed E-state index contributed by atoms with van der Waals surface area (Å²) in [6.07, 6.45) is 0. The molecule has 2 aromatic heterocycles. The van der Waals surface area contributed by atoms with Gasteiger partial charge in [0.05, 0.1) is 4.70 Å². The number of guanidine groups is 1. The smallest absolute Gasteiger partial charge is 0.326 e. The summed E-state index contributed by atoms with van der Waals surface area (Å²) in [5, 5.41) is 7.40. The van der Waals surface area contributed by atoms with Gasteiger partial charge in [0.25, 0.3) is 5.95 Å². The van der Waals surface area contributed by atoms with Crippen molar-refractivity contribution in [3.8, 4) is 0 Å². The Kier molecular flexibility index (Phi) is 6.97. The number of carbonyl (C=O) groups is 1. The Balaban J connectivity index is 1.35. The molecular weight excluding hydrogens is 496 g/mol. The molecule has 184 valence electrons. The highest BCUT2D eigenvalue weighted by Gasteiger charge is 2.24. The Labute approximate surface area is 218 Å². The van der Waals surface area contributed by atoms with Gasteiger partial charge in [0.2, 0.25) is 5.96 Å². The number of aryl methyl sites for hydroxylation is 2. The number of aromatic nitrogens is 3. The Morgan fingerprint density at radius 3 is 2.50 bits per heavy atom. The van der Waals surface area contributed by atoms with Crippen LogP contribution >= 0.6 is 23.1 Å². The van der Waals surface area contributed by atoms with Crippen molar-refractivity contribution in [2.75, 3.05) is 36.4 Å². The van der Waals surface area contributed by atoms with Crippen LogP contribution in [0.25, 0.3) is 10.1 Å². The number of halogens is 1. The number of piperazine rings is 1. The van der Waals surface area contributed by atoms with Gasteiger partial charge in [-0.15, -0.1) is 0 Å². The predicted octanol–water partition coefficient (Wildman–Crippen LogP) is 4.99. The van der Waals surface area contributed by atoms with Gasteiger partial charge in [0.1, 0.15) is 5.82 Å². The highest BCUT2D eigenvalue weighted by atomic mass is 35.5. The van der Waals surface area contributed by atoms with Gasteiger partial charge < -0.3 is 15.1 Å². The molecule has 3 heterocycles. The quantitative estimate of drug-likeness (QED) is 0.292. The van der Waals surface area contributed by atoms with Crippen LogP contribution in [-0.4, -0.2) is 57.4 Å². The summed E-state index contributed by atoms with van der Waals surface area (Å²) in [5.74, 6) is 1.69. The number of anilines is 2. The lowest BCUT2D eigenvalue weighted by Crippen LogP contribution is -2.54. The molecule has 2 N–H and O–H groups in total. The lowest BCUT2D eigenvalue weighted by atomic mass is 10.2. The summed E-state index contributed by atoms with van der Waals surface area (Å²) in [6.45, 7) is 6.54. The van der Waals surface area contributed by atoms with Crippen LogP contribution in [0.15, 0.2) is 59.6 Å². The van der Waals surface area contributed by atoms with E-state index in [1.807, 2.05) is 36.9 Å². The number of carbonyl (C=O) groups excluding carboxylic acids is 1.